The summed E-state index contributed by atoms with van der Waals surface area (Å²) in [6.07, 6.45) is 1.80. The summed E-state index contributed by atoms with van der Waals surface area (Å²) in [5.41, 5.74) is 1.25. The largest absolute Gasteiger partial charge is 0.492 e. The summed E-state index contributed by atoms with van der Waals surface area (Å²) in [7, 11) is 0. The Balaban J connectivity index is 1.37. The number of urea groups is 1. The van der Waals surface area contributed by atoms with E-state index in [2.05, 4.69) is 41.2 Å². The lowest BCUT2D eigenvalue weighted by molar-refractivity contribution is 0.191. The predicted octanol–water partition coefficient (Wildman–Crippen LogP) is 3.12. The van der Waals surface area contributed by atoms with Crippen LogP contribution in [0.2, 0.25) is 0 Å². The molecule has 3 rings (SSSR count). The Morgan fingerprint density at radius 2 is 1.96 bits per heavy atom. The number of hydrogen-bond donors (Lipinski definition) is 1. The quantitative estimate of drug-likeness (QED) is 0.796. The Labute approximate surface area is 161 Å². The van der Waals surface area contributed by atoms with E-state index in [4.69, 9.17) is 4.74 Å². The average molecular weight is 368 g/mol. The van der Waals surface area contributed by atoms with Gasteiger partial charge in [0, 0.05) is 32.4 Å². The lowest BCUT2D eigenvalue weighted by Gasteiger charge is -2.35. The van der Waals surface area contributed by atoms with Crippen molar-refractivity contribution in [3.8, 4) is 5.75 Å². The average Bonchev–Trinajstić information content (AvgIpc) is 2.72. The minimum Gasteiger partial charge on any atom is -0.492 e. The van der Waals surface area contributed by atoms with Gasteiger partial charge < -0.3 is 19.9 Å². The minimum atomic E-state index is -0.0322. The molecule has 1 N–H and O–H groups in total. The smallest absolute Gasteiger partial charge is 0.317 e. The molecule has 2 aromatic rings. The van der Waals surface area contributed by atoms with Crippen molar-refractivity contribution in [2.24, 2.45) is 0 Å². The van der Waals surface area contributed by atoms with E-state index in [0.29, 0.717) is 32.2 Å². The molecule has 27 heavy (non-hydrogen) atoms. The van der Waals surface area contributed by atoms with E-state index >= 15 is 0 Å². The summed E-state index contributed by atoms with van der Waals surface area (Å²) in [4.78, 5) is 20.7. The van der Waals surface area contributed by atoms with Crippen molar-refractivity contribution in [2.75, 3.05) is 44.2 Å². The topological polar surface area (TPSA) is 57.7 Å². The highest BCUT2D eigenvalue weighted by atomic mass is 16.5. The molecule has 1 fully saturated rings. The summed E-state index contributed by atoms with van der Waals surface area (Å²) in [6, 6.07) is 14.0. The number of pyridine rings is 1. The van der Waals surface area contributed by atoms with Gasteiger partial charge in [-0.25, -0.2) is 9.78 Å². The lowest BCUT2D eigenvalue weighted by atomic mass is 10.0. The fourth-order valence-electron chi connectivity index (χ4n) is 3.08. The first-order valence-electron chi connectivity index (χ1n) is 9.55. The molecule has 1 aromatic carbocycles. The molecule has 0 bridgehead atoms. The molecule has 1 aliphatic heterocycles. The third-order valence-electron chi connectivity index (χ3n) is 4.71. The number of benzene rings is 1. The fraction of sp³-hybridized carbons (Fsp3) is 0.429. The Morgan fingerprint density at radius 3 is 2.67 bits per heavy atom. The SMILES string of the molecule is CC(C)c1cccc(OCCNC(=O)N2CCN(c3ccccn3)CC2)c1. The number of piperazine rings is 1. The van der Waals surface area contributed by atoms with Crippen LogP contribution < -0.4 is 15.0 Å². The van der Waals surface area contributed by atoms with Crippen LogP contribution >= 0.6 is 0 Å². The van der Waals surface area contributed by atoms with E-state index in [-0.39, 0.29) is 6.03 Å². The number of hydrogen-bond acceptors (Lipinski definition) is 4. The van der Waals surface area contributed by atoms with Gasteiger partial charge in [-0.2, -0.15) is 0 Å². The summed E-state index contributed by atoms with van der Waals surface area (Å²) < 4.78 is 5.76. The second kappa shape index (κ2) is 9.26. The molecule has 144 valence electrons. The number of nitrogens with one attached hydrogen (secondary N) is 1. The highest BCUT2D eigenvalue weighted by Crippen LogP contribution is 2.20. The summed E-state index contributed by atoms with van der Waals surface area (Å²) in [5, 5.41) is 2.94. The third-order valence-corrected chi connectivity index (χ3v) is 4.71. The zero-order valence-corrected chi connectivity index (χ0v) is 16.1. The summed E-state index contributed by atoms with van der Waals surface area (Å²) in [6.45, 7) is 8.25. The van der Waals surface area contributed by atoms with Gasteiger partial charge in [0.25, 0.3) is 0 Å². The van der Waals surface area contributed by atoms with Crippen LogP contribution in [-0.2, 0) is 0 Å². The standard InChI is InChI=1S/C21H28N4O2/c1-17(2)18-6-5-7-19(16-18)27-15-10-23-21(26)25-13-11-24(12-14-25)20-8-3-4-9-22-20/h3-9,16-17H,10-15H2,1-2H3,(H,23,26). The molecular formula is C21H28N4O2. The molecule has 6 heteroatoms. The van der Waals surface area contributed by atoms with Crippen molar-refractivity contribution < 1.29 is 9.53 Å². The Morgan fingerprint density at radius 1 is 1.15 bits per heavy atom. The summed E-state index contributed by atoms with van der Waals surface area (Å²) >= 11 is 0. The molecular weight excluding hydrogens is 340 g/mol. The molecule has 0 atom stereocenters. The van der Waals surface area contributed by atoms with E-state index in [0.717, 1.165) is 24.7 Å². The summed E-state index contributed by atoms with van der Waals surface area (Å²) in [5.74, 6) is 2.28. The van der Waals surface area contributed by atoms with Crippen molar-refractivity contribution >= 4 is 11.8 Å². The maximum atomic E-state index is 12.3. The van der Waals surface area contributed by atoms with Crippen LogP contribution in [0.25, 0.3) is 0 Å². The number of rotatable bonds is 6. The predicted molar refractivity (Wildman–Crippen MR) is 107 cm³/mol. The van der Waals surface area contributed by atoms with Crippen LogP contribution in [0.5, 0.6) is 5.75 Å². The van der Waals surface area contributed by atoms with Crippen molar-refractivity contribution in [3.63, 3.8) is 0 Å². The molecule has 1 aliphatic rings. The Hall–Kier alpha value is -2.76. The van der Waals surface area contributed by atoms with Crippen LogP contribution in [0.4, 0.5) is 10.6 Å². The first-order valence-corrected chi connectivity index (χ1v) is 9.55. The molecule has 2 heterocycles. The molecule has 1 aromatic heterocycles. The van der Waals surface area contributed by atoms with Crippen molar-refractivity contribution in [2.45, 2.75) is 19.8 Å². The lowest BCUT2D eigenvalue weighted by Crippen LogP contribution is -2.52. The maximum Gasteiger partial charge on any atom is 0.317 e. The molecule has 0 saturated carbocycles. The van der Waals surface area contributed by atoms with Gasteiger partial charge >= 0.3 is 6.03 Å². The van der Waals surface area contributed by atoms with Crippen LogP contribution in [0, 0.1) is 0 Å². The van der Waals surface area contributed by atoms with Crippen LogP contribution in [-0.4, -0.2) is 55.2 Å². The van der Waals surface area contributed by atoms with Crippen molar-refractivity contribution in [1.82, 2.24) is 15.2 Å². The number of ether oxygens (including phenoxy) is 1. The number of amides is 2. The van der Waals surface area contributed by atoms with Gasteiger partial charge in [0.1, 0.15) is 18.2 Å². The number of aromatic nitrogens is 1. The van der Waals surface area contributed by atoms with Crippen LogP contribution in [0.1, 0.15) is 25.3 Å². The molecule has 0 unspecified atom stereocenters. The van der Waals surface area contributed by atoms with E-state index in [1.165, 1.54) is 5.56 Å². The first kappa shape index (κ1) is 19.0. The minimum absolute atomic E-state index is 0.0322. The maximum absolute atomic E-state index is 12.3. The molecule has 6 nitrogen and oxygen atoms in total. The van der Waals surface area contributed by atoms with Gasteiger partial charge in [0.15, 0.2) is 0 Å². The highest BCUT2D eigenvalue weighted by molar-refractivity contribution is 5.74. The fourth-order valence-corrected chi connectivity index (χ4v) is 3.08. The van der Waals surface area contributed by atoms with Crippen molar-refractivity contribution in [1.29, 1.82) is 0 Å². The second-order valence-electron chi connectivity index (χ2n) is 6.97. The third kappa shape index (κ3) is 5.36. The Bertz CT molecular complexity index is 728. The Kier molecular flexibility index (Phi) is 6.52. The number of carbonyl (C=O) groups excluding carboxylic acids is 1. The van der Waals surface area contributed by atoms with Crippen LogP contribution in [0.15, 0.2) is 48.7 Å². The van der Waals surface area contributed by atoms with Gasteiger partial charge in [-0.15, -0.1) is 0 Å². The first-order chi connectivity index (χ1) is 13.1. The zero-order valence-electron chi connectivity index (χ0n) is 16.1. The van der Waals surface area contributed by atoms with Gasteiger partial charge in [-0.3, -0.25) is 0 Å². The number of carbonyl (C=O) groups is 1. The normalized spacial score (nSPS) is 14.3. The van der Waals surface area contributed by atoms with E-state index < -0.39 is 0 Å². The van der Waals surface area contributed by atoms with E-state index in [1.807, 2.05) is 35.2 Å². The number of nitrogens with zero attached hydrogens (tertiary/aromatic N) is 3. The van der Waals surface area contributed by atoms with E-state index in [9.17, 15) is 4.79 Å². The molecule has 0 radical (unpaired) electrons. The van der Waals surface area contributed by atoms with Crippen LogP contribution in [0.3, 0.4) is 0 Å². The zero-order chi connectivity index (χ0) is 19.1. The number of anilines is 1. The van der Waals surface area contributed by atoms with Gasteiger partial charge in [0.2, 0.25) is 0 Å². The second-order valence-corrected chi connectivity index (χ2v) is 6.97. The van der Waals surface area contributed by atoms with Crippen molar-refractivity contribution in [3.05, 3.63) is 54.2 Å². The van der Waals surface area contributed by atoms with Gasteiger partial charge in [-0.05, 0) is 35.7 Å². The highest BCUT2D eigenvalue weighted by Gasteiger charge is 2.21. The molecule has 1 saturated heterocycles. The van der Waals surface area contributed by atoms with Gasteiger partial charge in [0.05, 0.1) is 6.54 Å². The van der Waals surface area contributed by atoms with E-state index in [1.54, 1.807) is 6.20 Å². The molecule has 2 amide bonds. The monoisotopic (exact) mass is 368 g/mol. The van der Waals surface area contributed by atoms with Gasteiger partial charge in [-0.1, -0.05) is 32.0 Å². The molecule has 0 aliphatic carbocycles. The molecule has 0 spiro atoms.